The van der Waals surface area contributed by atoms with Crippen molar-refractivity contribution in [3.63, 3.8) is 0 Å². The molecule has 29 heavy (non-hydrogen) atoms. The molecular formula is C22H18N2O4S. The number of carbonyl (C=O) groups is 2. The molecule has 0 fully saturated rings. The maximum absolute atomic E-state index is 13.5. The number of nitrogens with zero attached hydrogens (tertiary/aromatic N) is 2. The zero-order valence-electron chi connectivity index (χ0n) is 15.6. The molecule has 3 aromatic rings. The number of rotatable bonds is 5. The molecular weight excluding hydrogens is 388 g/mol. The van der Waals surface area contributed by atoms with Crippen LogP contribution in [0.4, 0.5) is 5.69 Å². The zero-order chi connectivity index (χ0) is 20.6. The number of hydrogen-bond acceptors (Lipinski definition) is 4. The number of hydrogen-bond donors (Lipinski definition) is 0. The predicted molar refractivity (Wildman–Crippen MR) is 109 cm³/mol. The van der Waals surface area contributed by atoms with Crippen LogP contribution >= 0.6 is 0 Å². The lowest BCUT2D eigenvalue weighted by molar-refractivity contribution is 0.0693. The van der Waals surface area contributed by atoms with E-state index < -0.39 is 21.8 Å². The molecule has 0 N–H and O–H groups in total. The van der Waals surface area contributed by atoms with Crippen molar-refractivity contribution in [2.75, 3.05) is 11.4 Å². The van der Waals surface area contributed by atoms with Gasteiger partial charge in [0.05, 0.1) is 28.3 Å². The van der Waals surface area contributed by atoms with Gasteiger partial charge in [-0.05, 0) is 35.9 Å². The van der Waals surface area contributed by atoms with Crippen LogP contribution in [0.15, 0.2) is 83.8 Å². The molecule has 0 aliphatic carbocycles. The fourth-order valence-electron chi connectivity index (χ4n) is 3.29. The first-order valence-electron chi connectivity index (χ1n) is 8.98. The van der Waals surface area contributed by atoms with E-state index in [4.69, 9.17) is 0 Å². The van der Waals surface area contributed by atoms with Gasteiger partial charge < -0.3 is 0 Å². The summed E-state index contributed by atoms with van der Waals surface area (Å²) in [6.07, 6.45) is 0. The van der Waals surface area contributed by atoms with Gasteiger partial charge in [-0.15, -0.1) is 0 Å². The van der Waals surface area contributed by atoms with Crippen LogP contribution in [-0.2, 0) is 16.6 Å². The molecule has 0 spiro atoms. The Morgan fingerprint density at radius 2 is 1.38 bits per heavy atom. The first kappa shape index (κ1) is 18.9. The molecule has 0 aromatic heterocycles. The number of fused-ring (bicyclic) bond motifs is 1. The van der Waals surface area contributed by atoms with Crippen LogP contribution in [0.3, 0.4) is 0 Å². The Bertz CT molecular complexity index is 1190. The van der Waals surface area contributed by atoms with Crippen molar-refractivity contribution < 1.29 is 18.0 Å². The second-order valence-electron chi connectivity index (χ2n) is 6.71. The third-order valence-corrected chi connectivity index (χ3v) is 6.63. The Hall–Kier alpha value is -3.45. The number of anilines is 1. The summed E-state index contributed by atoms with van der Waals surface area (Å²) in [6.45, 7) is 0.136. The average molecular weight is 406 g/mol. The smallest absolute Gasteiger partial charge is 0.264 e. The first-order valence-corrected chi connectivity index (χ1v) is 10.4. The lowest BCUT2D eigenvalue weighted by Gasteiger charge is -2.25. The molecule has 4 rings (SSSR count). The van der Waals surface area contributed by atoms with E-state index in [1.54, 1.807) is 24.3 Å². The Labute approximate surface area is 169 Å². The molecule has 1 heterocycles. The van der Waals surface area contributed by atoms with E-state index in [0.29, 0.717) is 5.69 Å². The van der Waals surface area contributed by atoms with E-state index in [-0.39, 0.29) is 22.6 Å². The number of carbonyl (C=O) groups excluding carboxylic acids is 2. The molecule has 0 saturated carbocycles. The van der Waals surface area contributed by atoms with Crippen molar-refractivity contribution in [1.29, 1.82) is 0 Å². The fourth-order valence-corrected chi connectivity index (χ4v) is 4.77. The Balaban J connectivity index is 1.80. The van der Waals surface area contributed by atoms with E-state index >= 15 is 0 Å². The summed E-state index contributed by atoms with van der Waals surface area (Å²) in [4.78, 5) is 25.4. The Morgan fingerprint density at radius 1 is 0.793 bits per heavy atom. The fraction of sp³-hybridized carbons (Fsp3) is 0.0909. The van der Waals surface area contributed by atoms with Gasteiger partial charge in [-0.1, -0.05) is 48.5 Å². The van der Waals surface area contributed by atoms with Crippen LogP contribution in [0, 0.1) is 0 Å². The molecule has 0 bridgehead atoms. The molecule has 0 atom stereocenters. The maximum Gasteiger partial charge on any atom is 0.264 e. The number of imide groups is 1. The van der Waals surface area contributed by atoms with Crippen molar-refractivity contribution in [3.05, 3.63) is 95.6 Å². The molecule has 0 saturated heterocycles. The molecule has 146 valence electrons. The van der Waals surface area contributed by atoms with Gasteiger partial charge in [-0.25, -0.2) is 8.42 Å². The monoisotopic (exact) mass is 406 g/mol. The molecule has 3 aromatic carbocycles. The van der Waals surface area contributed by atoms with Crippen molar-refractivity contribution >= 4 is 27.5 Å². The minimum atomic E-state index is -3.98. The highest BCUT2D eigenvalue weighted by Gasteiger charge is 2.35. The van der Waals surface area contributed by atoms with Gasteiger partial charge in [0.15, 0.2) is 0 Å². The lowest BCUT2D eigenvalue weighted by Crippen LogP contribution is -2.30. The molecule has 0 radical (unpaired) electrons. The predicted octanol–water partition coefficient (Wildman–Crippen LogP) is 3.31. The first-order chi connectivity index (χ1) is 13.9. The van der Waals surface area contributed by atoms with Gasteiger partial charge in [-0.3, -0.25) is 18.8 Å². The SMILES string of the molecule is CN1C(=O)c2ccc(S(=O)(=O)N(Cc3ccccc3)c3ccccc3)cc2C1=O. The number of para-hydroxylation sites is 1. The van der Waals surface area contributed by atoms with Crippen LogP contribution in [0.5, 0.6) is 0 Å². The van der Waals surface area contributed by atoms with E-state index in [1.807, 2.05) is 36.4 Å². The van der Waals surface area contributed by atoms with Crippen LogP contribution in [0.2, 0.25) is 0 Å². The highest BCUT2D eigenvalue weighted by atomic mass is 32.2. The minimum absolute atomic E-state index is 0.0347. The van der Waals surface area contributed by atoms with E-state index in [1.165, 1.54) is 29.6 Å². The van der Waals surface area contributed by atoms with E-state index in [2.05, 4.69) is 0 Å². The zero-order valence-corrected chi connectivity index (χ0v) is 16.5. The van der Waals surface area contributed by atoms with Crippen molar-refractivity contribution in [1.82, 2.24) is 4.90 Å². The quantitative estimate of drug-likeness (QED) is 0.610. The van der Waals surface area contributed by atoms with Gasteiger partial charge >= 0.3 is 0 Å². The van der Waals surface area contributed by atoms with Crippen molar-refractivity contribution in [2.45, 2.75) is 11.4 Å². The van der Waals surface area contributed by atoms with E-state index in [9.17, 15) is 18.0 Å². The summed E-state index contributed by atoms with van der Waals surface area (Å²) in [6, 6.07) is 22.1. The van der Waals surface area contributed by atoms with Crippen molar-refractivity contribution in [2.24, 2.45) is 0 Å². The van der Waals surface area contributed by atoms with Gasteiger partial charge in [-0.2, -0.15) is 0 Å². The maximum atomic E-state index is 13.5. The second kappa shape index (κ2) is 7.18. The van der Waals surface area contributed by atoms with Gasteiger partial charge in [0.2, 0.25) is 0 Å². The molecule has 6 nitrogen and oxygen atoms in total. The Kier molecular flexibility index (Phi) is 4.68. The third-order valence-electron chi connectivity index (χ3n) is 4.86. The minimum Gasteiger partial charge on any atom is -0.277 e. The van der Waals surface area contributed by atoms with Crippen LogP contribution in [0.1, 0.15) is 26.3 Å². The normalized spacial score (nSPS) is 13.5. The number of sulfonamides is 1. The molecule has 1 aliphatic heterocycles. The summed E-state index contributed by atoms with van der Waals surface area (Å²) in [7, 11) is -2.60. The van der Waals surface area contributed by atoms with Gasteiger partial charge in [0, 0.05) is 7.05 Å². The van der Waals surface area contributed by atoms with Crippen LogP contribution in [0.25, 0.3) is 0 Å². The van der Waals surface area contributed by atoms with Crippen LogP contribution in [-0.4, -0.2) is 32.2 Å². The van der Waals surface area contributed by atoms with Crippen molar-refractivity contribution in [3.8, 4) is 0 Å². The van der Waals surface area contributed by atoms with Gasteiger partial charge in [0.1, 0.15) is 0 Å². The summed E-state index contributed by atoms with van der Waals surface area (Å²) < 4.78 is 28.3. The van der Waals surface area contributed by atoms with E-state index in [0.717, 1.165) is 10.5 Å². The summed E-state index contributed by atoms with van der Waals surface area (Å²) in [5.74, 6) is -0.936. The largest absolute Gasteiger partial charge is 0.277 e. The standard InChI is InChI=1S/C22H18N2O4S/c1-23-21(25)19-13-12-18(14-20(19)22(23)26)29(27,28)24(17-10-6-3-7-11-17)15-16-8-4-2-5-9-16/h2-14H,15H2,1H3. The molecule has 0 unspecified atom stereocenters. The lowest BCUT2D eigenvalue weighted by atomic mass is 10.1. The highest BCUT2D eigenvalue weighted by Crippen LogP contribution is 2.29. The Morgan fingerprint density at radius 3 is 2.03 bits per heavy atom. The molecule has 1 aliphatic rings. The number of amides is 2. The summed E-state index contributed by atoms with van der Waals surface area (Å²) >= 11 is 0. The average Bonchev–Trinajstić information content (AvgIpc) is 2.97. The van der Waals surface area contributed by atoms with Crippen LogP contribution < -0.4 is 4.31 Å². The summed E-state index contributed by atoms with van der Waals surface area (Å²) in [5.41, 5.74) is 1.65. The molecule has 2 amide bonds. The summed E-state index contributed by atoms with van der Waals surface area (Å²) in [5, 5.41) is 0. The number of benzene rings is 3. The van der Waals surface area contributed by atoms with Gasteiger partial charge in [0.25, 0.3) is 21.8 Å². The topological polar surface area (TPSA) is 74.8 Å². The highest BCUT2D eigenvalue weighted by molar-refractivity contribution is 7.92. The third kappa shape index (κ3) is 3.30. The molecule has 7 heteroatoms. The second-order valence-corrected chi connectivity index (χ2v) is 8.57.